The number of nitrogens with zero attached hydrogens (tertiary/aromatic N) is 1. The van der Waals surface area contributed by atoms with Gasteiger partial charge >= 0.3 is 0 Å². The van der Waals surface area contributed by atoms with Crippen LogP contribution >= 0.6 is 0 Å². The molecule has 0 spiro atoms. The quantitative estimate of drug-likeness (QED) is 0.859. The number of carbonyl (C=O) groups excluding carboxylic acids is 1. The van der Waals surface area contributed by atoms with E-state index in [1.54, 1.807) is 6.92 Å². The summed E-state index contributed by atoms with van der Waals surface area (Å²) in [5.74, 6) is 0.836. The van der Waals surface area contributed by atoms with Crippen LogP contribution in [0.1, 0.15) is 34.1 Å². The van der Waals surface area contributed by atoms with Crippen LogP contribution in [0.5, 0.6) is 5.75 Å². The zero-order chi connectivity index (χ0) is 14.8. The van der Waals surface area contributed by atoms with Crippen LogP contribution in [0, 0.1) is 0 Å². The summed E-state index contributed by atoms with van der Waals surface area (Å²) in [7, 11) is 0. The third kappa shape index (κ3) is 3.51. The molecule has 1 unspecified atom stereocenters. The van der Waals surface area contributed by atoms with Crippen LogP contribution in [0.25, 0.3) is 0 Å². The number of ether oxygens (including phenoxy) is 1. The number of fused-ring (bicyclic) bond motifs is 1. The lowest BCUT2D eigenvalue weighted by Crippen LogP contribution is -2.46. The first-order valence-electron chi connectivity index (χ1n) is 7.20. The molecule has 0 saturated carbocycles. The molecule has 1 aromatic rings. The van der Waals surface area contributed by atoms with E-state index in [4.69, 9.17) is 4.74 Å². The first-order valence-corrected chi connectivity index (χ1v) is 7.20. The van der Waals surface area contributed by atoms with Crippen molar-refractivity contribution in [3.8, 4) is 5.75 Å². The number of nitrogens with one attached hydrogen (secondary N) is 1. The number of carbonyl (C=O) groups is 1. The van der Waals surface area contributed by atoms with Gasteiger partial charge in [-0.15, -0.1) is 0 Å². The minimum absolute atomic E-state index is 0.0412. The molecule has 1 amide bonds. The predicted octanol–water partition coefficient (Wildman–Crippen LogP) is 2.58. The molecule has 0 radical (unpaired) electrons. The van der Waals surface area contributed by atoms with E-state index < -0.39 is 6.10 Å². The Morgan fingerprint density at radius 1 is 1.30 bits per heavy atom. The molecule has 20 heavy (non-hydrogen) atoms. The van der Waals surface area contributed by atoms with Crippen LogP contribution in [-0.2, 0) is 4.79 Å². The first kappa shape index (κ1) is 14.9. The van der Waals surface area contributed by atoms with Crippen molar-refractivity contribution < 1.29 is 9.53 Å². The third-order valence-electron chi connectivity index (χ3n) is 3.29. The number of hydrogen-bond acceptors (Lipinski definition) is 3. The molecule has 0 aliphatic carbocycles. The minimum atomic E-state index is -0.402. The van der Waals surface area contributed by atoms with E-state index in [0.717, 1.165) is 24.4 Å². The summed E-state index contributed by atoms with van der Waals surface area (Å²) in [5, 5.41) is 3.44. The Labute approximate surface area is 121 Å². The molecule has 1 atom stereocenters. The van der Waals surface area contributed by atoms with Crippen molar-refractivity contribution in [2.75, 3.05) is 18.0 Å². The van der Waals surface area contributed by atoms with Gasteiger partial charge in [-0.1, -0.05) is 12.1 Å². The molecule has 1 aromatic carbocycles. The number of hydrogen-bond donors (Lipinski definition) is 1. The van der Waals surface area contributed by atoms with E-state index in [1.807, 2.05) is 29.2 Å². The minimum Gasteiger partial charge on any atom is -0.479 e. The Hall–Kier alpha value is -1.55. The zero-order valence-electron chi connectivity index (χ0n) is 12.8. The molecule has 1 aliphatic heterocycles. The van der Waals surface area contributed by atoms with Crippen molar-refractivity contribution in [1.82, 2.24) is 5.32 Å². The monoisotopic (exact) mass is 276 g/mol. The fourth-order valence-corrected chi connectivity index (χ4v) is 2.29. The summed E-state index contributed by atoms with van der Waals surface area (Å²) >= 11 is 0. The predicted molar refractivity (Wildman–Crippen MR) is 81.3 cm³/mol. The number of amides is 1. The van der Waals surface area contributed by atoms with Gasteiger partial charge in [0.25, 0.3) is 5.91 Å². The Bertz CT molecular complexity index is 480. The van der Waals surface area contributed by atoms with Crippen molar-refractivity contribution in [2.45, 2.75) is 45.8 Å². The van der Waals surface area contributed by atoms with E-state index in [9.17, 15) is 4.79 Å². The van der Waals surface area contributed by atoms with E-state index >= 15 is 0 Å². The van der Waals surface area contributed by atoms with Gasteiger partial charge in [0.05, 0.1) is 5.69 Å². The lowest BCUT2D eigenvalue weighted by molar-refractivity contribution is -0.125. The van der Waals surface area contributed by atoms with Gasteiger partial charge < -0.3 is 15.0 Å². The first-order chi connectivity index (χ1) is 9.38. The highest BCUT2D eigenvalue weighted by molar-refractivity contribution is 5.99. The van der Waals surface area contributed by atoms with Crippen LogP contribution in [0.4, 0.5) is 5.69 Å². The molecule has 1 heterocycles. The molecular weight excluding hydrogens is 252 g/mol. The lowest BCUT2D eigenvalue weighted by Gasteiger charge is -2.33. The molecule has 4 nitrogen and oxygen atoms in total. The molecule has 2 rings (SSSR count). The topological polar surface area (TPSA) is 41.6 Å². The van der Waals surface area contributed by atoms with Gasteiger partial charge in [0.2, 0.25) is 0 Å². The summed E-state index contributed by atoms with van der Waals surface area (Å²) in [4.78, 5) is 14.1. The molecule has 110 valence electrons. The molecule has 0 fully saturated rings. The van der Waals surface area contributed by atoms with Crippen LogP contribution in [0.3, 0.4) is 0 Å². The largest absolute Gasteiger partial charge is 0.479 e. The van der Waals surface area contributed by atoms with Crippen LogP contribution in [-0.4, -0.2) is 30.6 Å². The van der Waals surface area contributed by atoms with Crippen molar-refractivity contribution in [3.05, 3.63) is 24.3 Å². The maximum absolute atomic E-state index is 12.3. The summed E-state index contributed by atoms with van der Waals surface area (Å²) in [6, 6.07) is 7.72. The second-order valence-electron chi connectivity index (χ2n) is 6.25. The molecule has 1 aliphatic rings. The lowest BCUT2D eigenvalue weighted by atomic mass is 10.1. The maximum atomic E-state index is 12.3. The summed E-state index contributed by atoms with van der Waals surface area (Å²) in [6.07, 6.45) is 0.518. The van der Waals surface area contributed by atoms with Crippen LogP contribution < -0.4 is 15.0 Å². The fourth-order valence-electron chi connectivity index (χ4n) is 2.29. The Kier molecular flexibility index (Phi) is 4.33. The summed E-state index contributed by atoms with van der Waals surface area (Å²) < 4.78 is 5.63. The van der Waals surface area contributed by atoms with Crippen molar-refractivity contribution in [2.24, 2.45) is 0 Å². The summed E-state index contributed by atoms with van der Waals surface area (Å²) in [6.45, 7) is 9.84. The highest BCUT2D eigenvalue weighted by Gasteiger charge is 2.30. The highest BCUT2D eigenvalue weighted by atomic mass is 16.5. The molecule has 0 saturated heterocycles. The number of benzene rings is 1. The van der Waals surface area contributed by atoms with Gasteiger partial charge in [-0.3, -0.25) is 4.79 Å². The highest BCUT2D eigenvalue weighted by Crippen LogP contribution is 2.33. The Morgan fingerprint density at radius 2 is 2.00 bits per heavy atom. The normalized spacial score (nSPS) is 18.7. The molecule has 0 bridgehead atoms. The van der Waals surface area contributed by atoms with Crippen molar-refractivity contribution in [3.63, 3.8) is 0 Å². The third-order valence-corrected chi connectivity index (χ3v) is 3.29. The van der Waals surface area contributed by atoms with Gasteiger partial charge in [-0.25, -0.2) is 0 Å². The smallest absolute Gasteiger partial charge is 0.267 e. The van der Waals surface area contributed by atoms with E-state index in [1.165, 1.54) is 0 Å². The van der Waals surface area contributed by atoms with Gasteiger partial charge in [-0.2, -0.15) is 0 Å². The van der Waals surface area contributed by atoms with Crippen molar-refractivity contribution in [1.29, 1.82) is 0 Å². The Balaban J connectivity index is 2.01. The SMILES string of the molecule is CC1Oc2ccccc2N(CCCNC(C)(C)C)C1=O. The average Bonchev–Trinajstić information content (AvgIpc) is 2.37. The molecule has 1 N–H and O–H groups in total. The van der Waals surface area contributed by atoms with Gasteiger partial charge in [0.1, 0.15) is 5.75 Å². The molecule has 0 aromatic heterocycles. The average molecular weight is 276 g/mol. The van der Waals surface area contributed by atoms with Gasteiger partial charge in [0.15, 0.2) is 6.10 Å². The maximum Gasteiger partial charge on any atom is 0.267 e. The number of rotatable bonds is 4. The zero-order valence-corrected chi connectivity index (χ0v) is 12.8. The number of para-hydroxylation sites is 2. The molecular formula is C16H24N2O2. The van der Waals surface area contributed by atoms with E-state index in [0.29, 0.717) is 6.54 Å². The second-order valence-corrected chi connectivity index (χ2v) is 6.25. The second kappa shape index (κ2) is 5.83. The van der Waals surface area contributed by atoms with E-state index in [-0.39, 0.29) is 11.4 Å². The van der Waals surface area contributed by atoms with Crippen molar-refractivity contribution >= 4 is 11.6 Å². The summed E-state index contributed by atoms with van der Waals surface area (Å²) in [5.41, 5.74) is 0.992. The number of anilines is 1. The van der Waals surface area contributed by atoms with Gasteiger partial charge in [0, 0.05) is 12.1 Å². The Morgan fingerprint density at radius 3 is 2.70 bits per heavy atom. The molecule has 4 heteroatoms. The van der Waals surface area contributed by atoms with Crippen LogP contribution in [0.2, 0.25) is 0 Å². The fraction of sp³-hybridized carbons (Fsp3) is 0.562. The van der Waals surface area contributed by atoms with E-state index in [2.05, 4.69) is 26.1 Å². The van der Waals surface area contributed by atoms with Gasteiger partial charge in [-0.05, 0) is 52.8 Å². The van der Waals surface area contributed by atoms with Crippen LogP contribution in [0.15, 0.2) is 24.3 Å². The standard InChI is InChI=1S/C16H24N2O2/c1-12-15(19)18(11-7-10-17-16(2,3)4)13-8-5-6-9-14(13)20-12/h5-6,8-9,12,17H,7,10-11H2,1-4H3.